The number of anilines is 1. The zero-order valence-electron chi connectivity index (χ0n) is 9.49. The monoisotopic (exact) mass is 225 g/mol. The topological polar surface area (TPSA) is 28.2 Å². The first-order chi connectivity index (χ1) is 7.25. The molecular formula is C11H19N3S. The first kappa shape index (κ1) is 10.9. The van der Waals surface area contributed by atoms with Crippen LogP contribution in [0.1, 0.15) is 25.5 Å². The van der Waals surface area contributed by atoms with Gasteiger partial charge in [0.15, 0.2) is 5.13 Å². The van der Waals surface area contributed by atoms with E-state index < -0.39 is 0 Å². The molecule has 3 nitrogen and oxygen atoms in total. The highest BCUT2D eigenvalue weighted by atomic mass is 32.1. The van der Waals surface area contributed by atoms with Crippen molar-refractivity contribution in [1.29, 1.82) is 0 Å². The SMILES string of the molecule is Cc1csc(NCC(C)N2CCCC2)n1. The summed E-state index contributed by atoms with van der Waals surface area (Å²) in [6.45, 7) is 7.86. The third-order valence-electron chi connectivity index (χ3n) is 2.93. The zero-order valence-corrected chi connectivity index (χ0v) is 10.3. The van der Waals surface area contributed by atoms with Crippen LogP contribution in [-0.4, -0.2) is 35.6 Å². The number of hydrogen-bond donors (Lipinski definition) is 1. The van der Waals surface area contributed by atoms with Crippen molar-refractivity contribution < 1.29 is 0 Å². The number of aryl methyl sites for hydroxylation is 1. The maximum Gasteiger partial charge on any atom is 0.182 e. The Morgan fingerprint density at radius 2 is 2.27 bits per heavy atom. The Bertz CT molecular complexity index is 305. The molecule has 1 fully saturated rings. The highest BCUT2D eigenvalue weighted by Crippen LogP contribution is 2.16. The van der Waals surface area contributed by atoms with E-state index in [-0.39, 0.29) is 0 Å². The molecule has 1 aromatic heterocycles. The molecule has 1 unspecified atom stereocenters. The van der Waals surface area contributed by atoms with Crippen LogP contribution in [0.3, 0.4) is 0 Å². The molecule has 0 spiro atoms. The first-order valence-corrected chi connectivity index (χ1v) is 6.54. The second-order valence-electron chi connectivity index (χ2n) is 4.27. The fraction of sp³-hybridized carbons (Fsp3) is 0.727. The van der Waals surface area contributed by atoms with Gasteiger partial charge in [0.25, 0.3) is 0 Å². The van der Waals surface area contributed by atoms with Crippen LogP contribution in [0.2, 0.25) is 0 Å². The third-order valence-corrected chi connectivity index (χ3v) is 3.85. The Hall–Kier alpha value is -0.610. The molecule has 0 aromatic carbocycles. The Morgan fingerprint density at radius 1 is 1.53 bits per heavy atom. The average molecular weight is 225 g/mol. The maximum absolute atomic E-state index is 4.40. The van der Waals surface area contributed by atoms with Gasteiger partial charge in [-0.1, -0.05) is 0 Å². The van der Waals surface area contributed by atoms with Gasteiger partial charge in [-0.25, -0.2) is 4.98 Å². The number of thiazole rings is 1. The number of nitrogens with one attached hydrogen (secondary N) is 1. The fourth-order valence-electron chi connectivity index (χ4n) is 1.98. The number of rotatable bonds is 4. The molecular weight excluding hydrogens is 206 g/mol. The summed E-state index contributed by atoms with van der Waals surface area (Å²) in [6, 6.07) is 0.622. The van der Waals surface area contributed by atoms with Gasteiger partial charge in [-0.2, -0.15) is 0 Å². The Balaban J connectivity index is 1.77. The molecule has 1 aliphatic rings. The molecule has 0 radical (unpaired) electrons. The highest BCUT2D eigenvalue weighted by molar-refractivity contribution is 7.13. The molecule has 0 aliphatic carbocycles. The molecule has 1 atom stereocenters. The molecule has 0 bridgehead atoms. The molecule has 1 N–H and O–H groups in total. The molecule has 0 amide bonds. The van der Waals surface area contributed by atoms with Crippen LogP contribution in [0, 0.1) is 6.92 Å². The standard InChI is InChI=1S/C11H19N3S/c1-9-8-15-11(13-9)12-7-10(2)14-5-3-4-6-14/h8,10H,3-7H2,1-2H3,(H,12,13). The Labute approximate surface area is 95.5 Å². The number of aromatic nitrogens is 1. The van der Waals surface area contributed by atoms with Crippen LogP contribution in [0.4, 0.5) is 5.13 Å². The van der Waals surface area contributed by atoms with Gasteiger partial charge in [-0.15, -0.1) is 11.3 Å². The summed E-state index contributed by atoms with van der Waals surface area (Å²) in [6.07, 6.45) is 2.72. The van der Waals surface area contributed by atoms with Crippen molar-refractivity contribution in [1.82, 2.24) is 9.88 Å². The van der Waals surface area contributed by atoms with E-state index in [0.29, 0.717) is 6.04 Å². The van der Waals surface area contributed by atoms with E-state index >= 15 is 0 Å². The minimum absolute atomic E-state index is 0.622. The summed E-state index contributed by atoms with van der Waals surface area (Å²) in [5.74, 6) is 0. The first-order valence-electron chi connectivity index (χ1n) is 5.66. The summed E-state index contributed by atoms with van der Waals surface area (Å²) in [5.41, 5.74) is 1.11. The van der Waals surface area contributed by atoms with Crippen molar-refractivity contribution in [3.05, 3.63) is 11.1 Å². The molecule has 4 heteroatoms. The molecule has 2 rings (SSSR count). The van der Waals surface area contributed by atoms with Crippen molar-refractivity contribution >= 4 is 16.5 Å². The summed E-state index contributed by atoms with van der Waals surface area (Å²) >= 11 is 1.69. The normalized spacial score (nSPS) is 19.3. The predicted molar refractivity (Wildman–Crippen MR) is 65.6 cm³/mol. The van der Waals surface area contributed by atoms with Gasteiger partial charge in [0.2, 0.25) is 0 Å². The minimum atomic E-state index is 0.622. The second-order valence-corrected chi connectivity index (χ2v) is 5.13. The van der Waals surface area contributed by atoms with E-state index in [1.807, 2.05) is 6.92 Å². The van der Waals surface area contributed by atoms with Crippen molar-refractivity contribution in [3.8, 4) is 0 Å². The molecule has 1 aromatic rings. The largest absolute Gasteiger partial charge is 0.360 e. The van der Waals surface area contributed by atoms with E-state index in [1.54, 1.807) is 11.3 Å². The summed E-state index contributed by atoms with van der Waals surface area (Å²) in [4.78, 5) is 6.95. The lowest BCUT2D eigenvalue weighted by Crippen LogP contribution is -2.35. The van der Waals surface area contributed by atoms with Crippen LogP contribution in [0.5, 0.6) is 0 Å². The van der Waals surface area contributed by atoms with Gasteiger partial charge in [-0.05, 0) is 39.8 Å². The van der Waals surface area contributed by atoms with E-state index in [9.17, 15) is 0 Å². The molecule has 0 saturated carbocycles. The van der Waals surface area contributed by atoms with E-state index in [4.69, 9.17) is 0 Å². The van der Waals surface area contributed by atoms with Crippen LogP contribution >= 0.6 is 11.3 Å². The van der Waals surface area contributed by atoms with Gasteiger partial charge < -0.3 is 5.32 Å². The van der Waals surface area contributed by atoms with Crippen molar-refractivity contribution in [2.24, 2.45) is 0 Å². The van der Waals surface area contributed by atoms with Gasteiger partial charge in [0, 0.05) is 18.0 Å². The number of likely N-dealkylation sites (tertiary alicyclic amines) is 1. The fourth-order valence-corrected chi connectivity index (χ4v) is 2.68. The Morgan fingerprint density at radius 3 is 2.87 bits per heavy atom. The average Bonchev–Trinajstić information content (AvgIpc) is 2.84. The van der Waals surface area contributed by atoms with E-state index in [0.717, 1.165) is 17.4 Å². The lowest BCUT2D eigenvalue weighted by atomic mass is 10.3. The molecule has 2 heterocycles. The minimum Gasteiger partial charge on any atom is -0.360 e. The van der Waals surface area contributed by atoms with Crippen molar-refractivity contribution in [2.75, 3.05) is 25.0 Å². The Kier molecular flexibility index (Phi) is 3.59. The lowest BCUT2D eigenvalue weighted by molar-refractivity contribution is 0.269. The maximum atomic E-state index is 4.40. The number of hydrogen-bond acceptors (Lipinski definition) is 4. The van der Waals surface area contributed by atoms with E-state index in [1.165, 1.54) is 25.9 Å². The third kappa shape index (κ3) is 2.92. The predicted octanol–water partition coefficient (Wildman–Crippen LogP) is 2.35. The van der Waals surface area contributed by atoms with Gasteiger partial charge in [0.05, 0.1) is 5.69 Å². The quantitative estimate of drug-likeness (QED) is 0.852. The highest BCUT2D eigenvalue weighted by Gasteiger charge is 2.17. The summed E-state index contributed by atoms with van der Waals surface area (Å²) in [7, 11) is 0. The van der Waals surface area contributed by atoms with Gasteiger partial charge >= 0.3 is 0 Å². The van der Waals surface area contributed by atoms with Crippen LogP contribution in [-0.2, 0) is 0 Å². The molecule has 15 heavy (non-hydrogen) atoms. The van der Waals surface area contributed by atoms with Gasteiger partial charge in [-0.3, -0.25) is 4.90 Å². The second kappa shape index (κ2) is 4.94. The number of nitrogens with zero attached hydrogens (tertiary/aromatic N) is 2. The smallest absolute Gasteiger partial charge is 0.182 e. The molecule has 1 aliphatic heterocycles. The van der Waals surface area contributed by atoms with Crippen molar-refractivity contribution in [2.45, 2.75) is 32.7 Å². The summed E-state index contributed by atoms with van der Waals surface area (Å²) in [5, 5.41) is 6.55. The molecule has 1 saturated heterocycles. The van der Waals surface area contributed by atoms with Crippen LogP contribution < -0.4 is 5.32 Å². The van der Waals surface area contributed by atoms with Gasteiger partial charge in [0.1, 0.15) is 0 Å². The molecule has 84 valence electrons. The van der Waals surface area contributed by atoms with Crippen LogP contribution in [0.25, 0.3) is 0 Å². The van der Waals surface area contributed by atoms with Crippen molar-refractivity contribution in [3.63, 3.8) is 0 Å². The van der Waals surface area contributed by atoms with E-state index in [2.05, 4.69) is 27.5 Å². The lowest BCUT2D eigenvalue weighted by Gasteiger charge is -2.23. The summed E-state index contributed by atoms with van der Waals surface area (Å²) < 4.78 is 0. The van der Waals surface area contributed by atoms with Crippen LogP contribution in [0.15, 0.2) is 5.38 Å². The zero-order chi connectivity index (χ0) is 10.7.